The van der Waals surface area contributed by atoms with Crippen LogP contribution in [0, 0.1) is 5.92 Å². The van der Waals surface area contributed by atoms with Gasteiger partial charge in [-0.25, -0.2) is 0 Å². The van der Waals surface area contributed by atoms with Crippen LogP contribution in [0.15, 0.2) is 53.2 Å². The molecule has 0 aliphatic heterocycles. The first kappa shape index (κ1) is 17.1. The Hall–Kier alpha value is -2.29. The molecule has 2 aromatic rings. The minimum atomic E-state index is -0.118. The van der Waals surface area contributed by atoms with E-state index in [4.69, 9.17) is 4.42 Å². The third kappa shape index (κ3) is 4.85. The molecule has 1 aromatic carbocycles. The number of benzene rings is 1. The van der Waals surface area contributed by atoms with E-state index in [2.05, 4.69) is 57.3 Å². The average Bonchev–Trinajstić information content (AvgIpc) is 3.04. The number of carbonyl (C=O) groups excluding carboxylic acids is 1. The number of nitrogens with one attached hydrogen (secondary N) is 1. The number of furan rings is 1. The molecule has 0 unspecified atom stereocenters. The summed E-state index contributed by atoms with van der Waals surface area (Å²) in [7, 11) is 0. The Kier molecular flexibility index (Phi) is 5.80. The molecule has 0 spiro atoms. The molecule has 122 valence electrons. The first-order valence-corrected chi connectivity index (χ1v) is 8.09. The van der Waals surface area contributed by atoms with Gasteiger partial charge in [0.2, 0.25) is 5.91 Å². The summed E-state index contributed by atoms with van der Waals surface area (Å²) in [5, 5.41) is 3.08. The number of amides is 1. The number of hydrogen-bond donors (Lipinski definition) is 1. The SMILES string of the molecule is CC(C)c1ccc([C@@H](NC(=O)/C=C/c2ccco2)C(C)C)cc1. The molecule has 0 aliphatic carbocycles. The molecule has 2 rings (SSSR count). The maximum atomic E-state index is 12.2. The van der Waals surface area contributed by atoms with E-state index in [-0.39, 0.29) is 11.9 Å². The summed E-state index contributed by atoms with van der Waals surface area (Å²) in [5.41, 5.74) is 2.43. The molecule has 0 fully saturated rings. The third-order valence-electron chi connectivity index (χ3n) is 3.87. The number of hydrogen-bond acceptors (Lipinski definition) is 2. The summed E-state index contributed by atoms with van der Waals surface area (Å²) in [6.45, 7) is 8.57. The highest BCUT2D eigenvalue weighted by Gasteiger charge is 2.17. The van der Waals surface area contributed by atoms with Gasteiger partial charge in [0, 0.05) is 6.08 Å². The monoisotopic (exact) mass is 311 g/mol. The number of carbonyl (C=O) groups is 1. The van der Waals surface area contributed by atoms with Crippen molar-refractivity contribution in [2.75, 3.05) is 0 Å². The van der Waals surface area contributed by atoms with Crippen molar-refractivity contribution in [1.82, 2.24) is 5.32 Å². The highest BCUT2D eigenvalue weighted by atomic mass is 16.3. The standard InChI is InChI=1S/C20H25NO2/c1-14(2)16-7-9-17(10-8-16)20(15(3)4)21-19(22)12-11-18-6-5-13-23-18/h5-15,20H,1-4H3,(H,21,22)/b12-11+/t20-/m0/s1. The minimum Gasteiger partial charge on any atom is -0.465 e. The summed E-state index contributed by atoms with van der Waals surface area (Å²) < 4.78 is 5.19. The van der Waals surface area contributed by atoms with Crippen LogP contribution in [0.25, 0.3) is 6.08 Å². The highest BCUT2D eigenvalue weighted by molar-refractivity contribution is 5.91. The van der Waals surface area contributed by atoms with Crippen molar-refractivity contribution in [3.8, 4) is 0 Å². The summed E-state index contributed by atoms with van der Waals surface area (Å²) in [6, 6.07) is 12.1. The van der Waals surface area contributed by atoms with Crippen molar-refractivity contribution < 1.29 is 9.21 Å². The average molecular weight is 311 g/mol. The van der Waals surface area contributed by atoms with Gasteiger partial charge in [-0.2, -0.15) is 0 Å². The fourth-order valence-corrected chi connectivity index (χ4v) is 2.47. The van der Waals surface area contributed by atoms with Gasteiger partial charge in [0.15, 0.2) is 0 Å². The second kappa shape index (κ2) is 7.82. The van der Waals surface area contributed by atoms with Gasteiger partial charge in [0.25, 0.3) is 0 Å². The molecule has 3 nitrogen and oxygen atoms in total. The molecule has 3 heteroatoms. The van der Waals surface area contributed by atoms with Crippen LogP contribution in [0.4, 0.5) is 0 Å². The Morgan fingerprint density at radius 3 is 2.22 bits per heavy atom. The van der Waals surface area contributed by atoms with Crippen LogP contribution in [-0.2, 0) is 4.79 Å². The lowest BCUT2D eigenvalue weighted by Crippen LogP contribution is -2.30. The maximum Gasteiger partial charge on any atom is 0.244 e. The minimum absolute atomic E-state index is 0.00929. The van der Waals surface area contributed by atoms with Crippen molar-refractivity contribution in [1.29, 1.82) is 0 Å². The van der Waals surface area contributed by atoms with Crippen LogP contribution < -0.4 is 5.32 Å². The first-order valence-electron chi connectivity index (χ1n) is 8.09. The molecule has 0 saturated heterocycles. The molecular weight excluding hydrogens is 286 g/mol. The molecule has 1 N–H and O–H groups in total. The van der Waals surface area contributed by atoms with E-state index in [9.17, 15) is 4.79 Å². The van der Waals surface area contributed by atoms with Gasteiger partial charge in [-0.05, 0) is 41.2 Å². The zero-order valence-corrected chi connectivity index (χ0v) is 14.2. The largest absolute Gasteiger partial charge is 0.465 e. The second-order valence-corrected chi connectivity index (χ2v) is 6.40. The van der Waals surface area contributed by atoms with Gasteiger partial charge in [-0.1, -0.05) is 52.0 Å². The van der Waals surface area contributed by atoms with Gasteiger partial charge in [0.1, 0.15) is 5.76 Å². The smallest absolute Gasteiger partial charge is 0.244 e. The lowest BCUT2D eigenvalue weighted by atomic mass is 9.93. The zero-order chi connectivity index (χ0) is 16.8. The fraction of sp³-hybridized carbons (Fsp3) is 0.350. The lowest BCUT2D eigenvalue weighted by Gasteiger charge is -2.22. The van der Waals surface area contributed by atoms with Crippen molar-refractivity contribution in [3.05, 3.63) is 65.6 Å². The molecule has 0 radical (unpaired) electrons. The van der Waals surface area contributed by atoms with Crippen LogP contribution >= 0.6 is 0 Å². The molecule has 0 bridgehead atoms. The van der Waals surface area contributed by atoms with Crippen molar-refractivity contribution in [3.63, 3.8) is 0 Å². The molecule has 1 amide bonds. The van der Waals surface area contributed by atoms with Crippen LogP contribution in [0.1, 0.15) is 56.5 Å². The van der Waals surface area contributed by atoms with Gasteiger partial charge in [-0.15, -0.1) is 0 Å². The Balaban J connectivity index is 2.07. The van der Waals surface area contributed by atoms with Crippen LogP contribution in [0.5, 0.6) is 0 Å². The van der Waals surface area contributed by atoms with Gasteiger partial charge in [0.05, 0.1) is 12.3 Å². The van der Waals surface area contributed by atoms with Crippen LogP contribution in [0.3, 0.4) is 0 Å². The van der Waals surface area contributed by atoms with Gasteiger partial charge < -0.3 is 9.73 Å². The molecule has 0 aliphatic rings. The molecule has 1 heterocycles. The molecule has 1 aromatic heterocycles. The predicted molar refractivity (Wildman–Crippen MR) is 94.0 cm³/mol. The Bertz CT molecular complexity index is 637. The van der Waals surface area contributed by atoms with Crippen molar-refractivity contribution in [2.45, 2.75) is 39.7 Å². The molecule has 1 atom stereocenters. The maximum absolute atomic E-state index is 12.2. The van der Waals surface area contributed by atoms with Gasteiger partial charge in [-0.3, -0.25) is 4.79 Å². The summed E-state index contributed by atoms with van der Waals surface area (Å²) in [4.78, 5) is 12.2. The topological polar surface area (TPSA) is 42.2 Å². The summed E-state index contributed by atoms with van der Waals surface area (Å²) >= 11 is 0. The summed E-state index contributed by atoms with van der Waals surface area (Å²) in [5.74, 6) is 1.36. The lowest BCUT2D eigenvalue weighted by molar-refractivity contribution is -0.117. The molecular formula is C20H25NO2. The fourth-order valence-electron chi connectivity index (χ4n) is 2.47. The summed E-state index contributed by atoms with van der Waals surface area (Å²) in [6.07, 6.45) is 4.77. The van der Waals surface area contributed by atoms with Crippen molar-refractivity contribution in [2.24, 2.45) is 5.92 Å². The first-order chi connectivity index (χ1) is 11.0. The van der Waals surface area contributed by atoms with E-state index in [1.807, 2.05) is 6.07 Å². The van der Waals surface area contributed by atoms with E-state index in [0.29, 0.717) is 17.6 Å². The predicted octanol–water partition coefficient (Wildman–Crippen LogP) is 4.93. The normalized spacial score (nSPS) is 13.0. The van der Waals surface area contributed by atoms with Crippen molar-refractivity contribution >= 4 is 12.0 Å². The number of rotatable bonds is 6. The molecule has 0 saturated carbocycles. The van der Waals surface area contributed by atoms with Crippen LogP contribution in [0.2, 0.25) is 0 Å². The van der Waals surface area contributed by atoms with E-state index in [0.717, 1.165) is 5.56 Å². The third-order valence-corrected chi connectivity index (χ3v) is 3.87. The Morgan fingerprint density at radius 2 is 1.70 bits per heavy atom. The van der Waals surface area contributed by atoms with E-state index >= 15 is 0 Å². The molecule has 23 heavy (non-hydrogen) atoms. The second-order valence-electron chi connectivity index (χ2n) is 6.40. The van der Waals surface area contributed by atoms with E-state index in [1.165, 1.54) is 11.6 Å². The van der Waals surface area contributed by atoms with Gasteiger partial charge >= 0.3 is 0 Å². The Labute approximate surface area is 138 Å². The van der Waals surface area contributed by atoms with Crippen LogP contribution in [-0.4, -0.2) is 5.91 Å². The van der Waals surface area contributed by atoms with E-state index in [1.54, 1.807) is 18.4 Å². The quantitative estimate of drug-likeness (QED) is 0.769. The van der Waals surface area contributed by atoms with E-state index < -0.39 is 0 Å². The Morgan fingerprint density at radius 1 is 1.04 bits per heavy atom. The highest BCUT2D eigenvalue weighted by Crippen LogP contribution is 2.24. The zero-order valence-electron chi connectivity index (χ0n) is 14.2.